The summed E-state index contributed by atoms with van der Waals surface area (Å²) in [6.45, 7) is 0.0597. The molecule has 0 radical (unpaired) electrons. The van der Waals surface area contributed by atoms with Gasteiger partial charge in [-0.1, -0.05) is 53.4 Å². The molecular formula is C20H19FN4O3S2. The number of likely N-dealkylation sites (tertiary alicyclic amines) is 1. The van der Waals surface area contributed by atoms with Crippen molar-refractivity contribution >= 4 is 46.0 Å². The predicted octanol–water partition coefficient (Wildman–Crippen LogP) is 3.25. The van der Waals surface area contributed by atoms with Gasteiger partial charge >= 0.3 is 0 Å². The molecule has 1 saturated heterocycles. The number of aromatic nitrogens is 2. The van der Waals surface area contributed by atoms with Crippen LogP contribution in [0.25, 0.3) is 0 Å². The molecule has 1 aromatic heterocycles. The molecule has 2 aliphatic rings. The Morgan fingerprint density at radius 1 is 1.17 bits per heavy atom. The van der Waals surface area contributed by atoms with E-state index >= 15 is 0 Å². The summed E-state index contributed by atoms with van der Waals surface area (Å²) in [6, 6.07) is 6.52. The quantitative estimate of drug-likeness (QED) is 0.304. The lowest BCUT2D eigenvalue weighted by Crippen LogP contribution is -2.34. The molecule has 2 aromatic rings. The summed E-state index contributed by atoms with van der Waals surface area (Å²) >= 11 is 2.52. The molecule has 1 aliphatic heterocycles. The number of carbonyl (C=O) groups is 3. The molecule has 2 heterocycles. The third kappa shape index (κ3) is 4.44. The van der Waals surface area contributed by atoms with Crippen LogP contribution in [-0.2, 0) is 20.1 Å². The maximum atomic E-state index is 13.7. The van der Waals surface area contributed by atoms with E-state index in [1.807, 2.05) is 12.2 Å². The van der Waals surface area contributed by atoms with Gasteiger partial charge in [-0.15, -0.1) is 10.2 Å². The van der Waals surface area contributed by atoms with Gasteiger partial charge < -0.3 is 5.32 Å². The molecule has 4 rings (SSSR count). The molecule has 0 saturated carbocycles. The van der Waals surface area contributed by atoms with Gasteiger partial charge in [0, 0.05) is 18.7 Å². The molecule has 7 nitrogen and oxygen atoms in total. The van der Waals surface area contributed by atoms with Crippen molar-refractivity contribution in [3.05, 3.63) is 47.8 Å². The van der Waals surface area contributed by atoms with Crippen molar-refractivity contribution in [1.29, 1.82) is 0 Å². The highest BCUT2D eigenvalue weighted by Crippen LogP contribution is 2.35. The topological polar surface area (TPSA) is 92.3 Å². The summed E-state index contributed by atoms with van der Waals surface area (Å²) in [4.78, 5) is 38.3. The minimum absolute atomic E-state index is 0.00162. The van der Waals surface area contributed by atoms with Gasteiger partial charge in [0.2, 0.25) is 22.9 Å². The molecule has 30 heavy (non-hydrogen) atoms. The summed E-state index contributed by atoms with van der Waals surface area (Å²) in [5, 5.41) is 10.9. The lowest BCUT2D eigenvalue weighted by atomic mass is 9.85. The molecule has 0 bridgehead atoms. The first kappa shape index (κ1) is 20.7. The van der Waals surface area contributed by atoms with Gasteiger partial charge in [-0.05, 0) is 24.5 Å². The van der Waals surface area contributed by atoms with E-state index in [2.05, 4.69) is 15.5 Å². The lowest BCUT2D eigenvalue weighted by Gasteiger charge is -2.14. The predicted molar refractivity (Wildman–Crippen MR) is 111 cm³/mol. The minimum Gasteiger partial charge on any atom is -0.300 e. The first-order chi connectivity index (χ1) is 14.5. The maximum absolute atomic E-state index is 13.7. The molecule has 1 fully saturated rings. The zero-order chi connectivity index (χ0) is 21.1. The normalized spacial score (nSPS) is 20.5. The van der Waals surface area contributed by atoms with E-state index in [4.69, 9.17) is 0 Å². The standard InChI is InChI=1S/C20H19FN4O3S2/c21-15-8-4-1-5-12(15)11-29-20-24-23-19(30-20)22-16(26)9-10-25-17(27)13-6-2-3-7-14(13)18(25)28/h1-5,8,13-14H,6-7,9-11H2,(H,22,23,26). The van der Waals surface area contributed by atoms with Gasteiger partial charge in [-0.3, -0.25) is 19.3 Å². The molecule has 3 amide bonds. The van der Waals surface area contributed by atoms with Crippen LogP contribution in [0.3, 0.4) is 0 Å². The number of imide groups is 1. The number of hydrogen-bond donors (Lipinski definition) is 1. The van der Waals surface area contributed by atoms with Crippen molar-refractivity contribution in [2.75, 3.05) is 11.9 Å². The SMILES string of the molecule is O=C(CCN1C(=O)C2CC=CCC2C1=O)Nc1nnc(SCc2ccccc2F)s1. The number of halogens is 1. The molecular weight excluding hydrogens is 427 g/mol. The van der Waals surface area contributed by atoms with E-state index in [1.165, 1.54) is 34.1 Å². The monoisotopic (exact) mass is 446 g/mol. The molecule has 1 N–H and O–H groups in total. The number of carbonyl (C=O) groups excluding carboxylic acids is 3. The van der Waals surface area contributed by atoms with Crippen molar-refractivity contribution in [3.63, 3.8) is 0 Å². The summed E-state index contributed by atoms with van der Waals surface area (Å²) < 4.78 is 14.3. The number of nitrogens with zero attached hydrogens (tertiary/aromatic N) is 3. The van der Waals surface area contributed by atoms with Gasteiger partial charge in [-0.25, -0.2) is 4.39 Å². The van der Waals surface area contributed by atoms with E-state index < -0.39 is 0 Å². The molecule has 2 unspecified atom stereocenters. The number of anilines is 1. The van der Waals surface area contributed by atoms with Crippen molar-refractivity contribution < 1.29 is 18.8 Å². The highest BCUT2D eigenvalue weighted by molar-refractivity contribution is 8.00. The zero-order valence-corrected chi connectivity index (χ0v) is 17.5. The molecule has 0 spiro atoms. The average Bonchev–Trinajstić information content (AvgIpc) is 3.29. The van der Waals surface area contributed by atoms with E-state index in [0.717, 1.165) is 0 Å². The van der Waals surface area contributed by atoms with Gasteiger partial charge in [-0.2, -0.15) is 0 Å². The van der Waals surface area contributed by atoms with Crippen LogP contribution in [0.5, 0.6) is 0 Å². The number of nitrogens with one attached hydrogen (secondary N) is 1. The smallest absolute Gasteiger partial charge is 0.233 e. The number of hydrogen-bond acceptors (Lipinski definition) is 7. The highest BCUT2D eigenvalue weighted by Gasteiger charge is 2.46. The number of allylic oxidation sites excluding steroid dienone is 2. The average molecular weight is 447 g/mol. The molecule has 2 atom stereocenters. The minimum atomic E-state index is -0.342. The Labute approximate surface area is 180 Å². The van der Waals surface area contributed by atoms with Crippen molar-refractivity contribution in [3.8, 4) is 0 Å². The molecule has 10 heteroatoms. The van der Waals surface area contributed by atoms with Gasteiger partial charge in [0.1, 0.15) is 5.82 Å². The number of thioether (sulfide) groups is 1. The number of fused-ring (bicyclic) bond motifs is 1. The van der Waals surface area contributed by atoms with E-state index in [1.54, 1.807) is 18.2 Å². The highest BCUT2D eigenvalue weighted by atomic mass is 32.2. The summed E-state index contributed by atoms with van der Waals surface area (Å²) in [7, 11) is 0. The molecule has 156 valence electrons. The number of amides is 3. The first-order valence-corrected chi connectivity index (χ1v) is 11.3. The van der Waals surface area contributed by atoms with Crippen LogP contribution in [-0.4, -0.2) is 39.4 Å². The molecule has 1 aliphatic carbocycles. The van der Waals surface area contributed by atoms with E-state index in [0.29, 0.717) is 33.6 Å². The Morgan fingerprint density at radius 2 is 1.87 bits per heavy atom. The lowest BCUT2D eigenvalue weighted by molar-refractivity contribution is -0.140. The summed E-state index contributed by atoms with van der Waals surface area (Å²) in [5.74, 6) is -1.17. The third-order valence-corrected chi connectivity index (χ3v) is 7.14. The third-order valence-electron chi connectivity index (χ3n) is 5.12. The first-order valence-electron chi connectivity index (χ1n) is 9.52. The molecule has 1 aromatic carbocycles. The number of rotatable bonds is 7. The van der Waals surface area contributed by atoms with E-state index in [-0.39, 0.29) is 48.3 Å². The Hall–Kier alpha value is -2.59. The maximum Gasteiger partial charge on any atom is 0.233 e. The second kappa shape index (κ2) is 9.05. The Kier molecular flexibility index (Phi) is 6.24. The van der Waals surface area contributed by atoms with Crippen LogP contribution in [0.15, 0.2) is 40.8 Å². The van der Waals surface area contributed by atoms with Crippen LogP contribution >= 0.6 is 23.1 Å². The van der Waals surface area contributed by atoms with Crippen LogP contribution < -0.4 is 5.32 Å². The van der Waals surface area contributed by atoms with Crippen LogP contribution in [0.4, 0.5) is 9.52 Å². The van der Waals surface area contributed by atoms with E-state index in [9.17, 15) is 18.8 Å². The van der Waals surface area contributed by atoms with Gasteiger partial charge in [0.25, 0.3) is 0 Å². The Morgan fingerprint density at radius 3 is 2.57 bits per heavy atom. The van der Waals surface area contributed by atoms with Gasteiger partial charge in [0.15, 0.2) is 4.34 Å². The largest absolute Gasteiger partial charge is 0.300 e. The summed E-state index contributed by atoms with van der Waals surface area (Å²) in [5.41, 5.74) is 0.569. The van der Waals surface area contributed by atoms with Crippen LogP contribution in [0, 0.1) is 17.7 Å². The Balaban J connectivity index is 1.26. The Bertz CT molecular complexity index is 983. The van der Waals surface area contributed by atoms with Crippen molar-refractivity contribution in [2.24, 2.45) is 11.8 Å². The van der Waals surface area contributed by atoms with Gasteiger partial charge in [0.05, 0.1) is 11.8 Å². The second-order valence-corrected chi connectivity index (χ2v) is 9.24. The van der Waals surface area contributed by atoms with Crippen LogP contribution in [0.1, 0.15) is 24.8 Å². The zero-order valence-electron chi connectivity index (χ0n) is 15.9. The second-order valence-electron chi connectivity index (χ2n) is 7.04. The fraction of sp³-hybridized carbons (Fsp3) is 0.350. The fourth-order valence-corrected chi connectivity index (χ4v) is 5.31. The van der Waals surface area contributed by atoms with Crippen molar-refractivity contribution in [2.45, 2.75) is 29.4 Å². The van der Waals surface area contributed by atoms with Crippen molar-refractivity contribution in [1.82, 2.24) is 15.1 Å². The summed E-state index contributed by atoms with van der Waals surface area (Å²) in [6.07, 6.45) is 5.02. The number of benzene rings is 1. The fourth-order valence-electron chi connectivity index (χ4n) is 3.56. The van der Waals surface area contributed by atoms with Crippen LogP contribution in [0.2, 0.25) is 0 Å².